The molecule has 0 radical (unpaired) electrons. The third-order valence-electron chi connectivity index (χ3n) is 4.30. The van der Waals surface area contributed by atoms with Gasteiger partial charge in [0, 0.05) is 0 Å². The van der Waals surface area contributed by atoms with Crippen LogP contribution in [0.2, 0.25) is 0 Å². The van der Waals surface area contributed by atoms with Gasteiger partial charge in [0.15, 0.2) is 0 Å². The van der Waals surface area contributed by atoms with Crippen molar-refractivity contribution in [2.45, 2.75) is 90.4 Å². The molecule has 0 bridgehead atoms. The highest BCUT2D eigenvalue weighted by molar-refractivity contribution is 6.20. The Morgan fingerprint density at radius 2 is 1.52 bits per heavy atom. The Bertz CT molecular complexity index is 406. The minimum atomic E-state index is 0.172. The fourth-order valence-electron chi connectivity index (χ4n) is 2.82. The fourth-order valence-corrected chi connectivity index (χ4v) is 3.17. The number of hydrogen-bond acceptors (Lipinski definition) is 0. The molecular weight excluding hydrogens is 276 g/mol. The summed E-state index contributed by atoms with van der Waals surface area (Å²) in [6.07, 6.45) is 7.68. The first-order valence-corrected chi connectivity index (χ1v) is 9.18. The summed E-state index contributed by atoms with van der Waals surface area (Å²) in [6.45, 7) is 11.3. The van der Waals surface area contributed by atoms with E-state index in [2.05, 4.69) is 52.8 Å². The molecule has 21 heavy (non-hydrogen) atoms. The van der Waals surface area contributed by atoms with Crippen LogP contribution in [0, 0.1) is 0 Å². The number of hydrogen-bond donors (Lipinski definition) is 0. The number of halogens is 1. The lowest BCUT2D eigenvalue weighted by Gasteiger charge is -2.20. The molecule has 0 N–H and O–H groups in total. The summed E-state index contributed by atoms with van der Waals surface area (Å²) in [4.78, 5) is 0. The summed E-state index contributed by atoms with van der Waals surface area (Å²) in [5.41, 5.74) is 4.22. The second-order valence-electron chi connectivity index (χ2n) is 6.87. The van der Waals surface area contributed by atoms with Gasteiger partial charge in [-0.2, -0.15) is 0 Å². The Morgan fingerprint density at radius 1 is 0.857 bits per heavy atom. The topological polar surface area (TPSA) is 0 Å². The maximum atomic E-state index is 6.70. The second-order valence-corrected chi connectivity index (χ2v) is 7.40. The van der Waals surface area contributed by atoms with Crippen molar-refractivity contribution < 1.29 is 0 Å². The first-order valence-electron chi connectivity index (χ1n) is 8.75. The lowest BCUT2D eigenvalue weighted by atomic mass is 9.89. The van der Waals surface area contributed by atoms with Crippen LogP contribution in [-0.4, -0.2) is 0 Å². The van der Waals surface area contributed by atoms with Crippen molar-refractivity contribution in [2.24, 2.45) is 0 Å². The van der Waals surface area contributed by atoms with Gasteiger partial charge in [-0.1, -0.05) is 84.9 Å². The molecule has 0 heterocycles. The standard InChI is InChI=1S/C20H33Cl/c1-6-7-8-9-10-11-20(21)18-13-12-17(15(2)3)14-19(18)16(4)5/h12-16,20H,6-11H2,1-5H3. The summed E-state index contributed by atoms with van der Waals surface area (Å²) in [5.74, 6) is 1.12. The van der Waals surface area contributed by atoms with E-state index in [9.17, 15) is 0 Å². The van der Waals surface area contributed by atoms with E-state index in [1.54, 1.807) is 0 Å². The molecule has 0 nitrogen and oxygen atoms in total. The Labute approximate surface area is 137 Å². The lowest BCUT2D eigenvalue weighted by Crippen LogP contribution is -2.02. The molecular formula is C20H33Cl. The van der Waals surface area contributed by atoms with Crippen LogP contribution in [0.3, 0.4) is 0 Å². The van der Waals surface area contributed by atoms with Gasteiger partial charge >= 0.3 is 0 Å². The van der Waals surface area contributed by atoms with Crippen LogP contribution in [0.1, 0.15) is 107 Å². The van der Waals surface area contributed by atoms with Gasteiger partial charge in [-0.25, -0.2) is 0 Å². The predicted molar refractivity (Wildman–Crippen MR) is 96.6 cm³/mol. The highest BCUT2D eigenvalue weighted by atomic mass is 35.5. The molecule has 0 saturated heterocycles. The molecule has 1 heteroatoms. The molecule has 0 spiro atoms. The molecule has 0 amide bonds. The first-order chi connectivity index (χ1) is 9.97. The van der Waals surface area contributed by atoms with E-state index in [4.69, 9.17) is 11.6 Å². The fraction of sp³-hybridized carbons (Fsp3) is 0.700. The van der Waals surface area contributed by atoms with Crippen molar-refractivity contribution in [2.75, 3.05) is 0 Å². The average molecular weight is 309 g/mol. The molecule has 1 aromatic carbocycles. The molecule has 1 aromatic rings. The normalized spacial score (nSPS) is 13.1. The van der Waals surface area contributed by atoms with Gasteiger partial charge in [-0.05, 0) is 34.9 Å². The number of benzene rings is 1. The average Bonchev–Trinajstić information content (AvgIpc) is 2.46. The van der Waals surface area contributed by atoms with E-state index in [1.165, 1.54) is 48.8 Å². The summed E-state index contributed by atoms with van der Waals surface area (Å²) in [6, 6.07) is 6.91. The van der Waals surface area contributed by atoms with Crippen molar-refractivity contribution in [1.82, 2.24) is 0 Å². The zero-order valence-electron chi connectivity index (χ0n) is 14.6. The van der Waals surface area contributed by atoms with E-state index in [-0.39, 0.29) is 5.38 Å². The largest absolute Gasteiger partial charge is 0.118 e. The van der Waals surface area contributed by atoms with Crippen LogP contribution < -0.4 is 0 Å². The third kappa shape index (κ3) is 6.02. The molecule has 0 aliphatic heterocycles. The van der Waals surface area contributed by atoms with Gasteiger partial charge in [0.2, 0.25) is 0 Å². The van der Waals surface area contributed by atoms with Gasteiger partial charge in [0.1, 0.15) is 0 Å². The van der Waals surface area contributed by atoms with Crippen molar-refractivity contribution >= 4 is 11.6 Å². The molecule has 0 aliphatic rings. The summed E-state index contributed by atoms with van der Waals surface area (Å²) >= 11 is 6.70. The third-order valence-corrected chi connectivity index (χ3v) is 4.75. The maximum Gasteiger partial charge on any atom is 0.0588 e. The minimum Gasteiger partial charge on any atom is -0.118 e. The molecule has 1 atom stereocenters. The summed E-state index contributed by atoms with van der Waals surface area (Å²) in [7, 11) is 0. The van der Waals surface area contributed by atoms with Crippen molar-refractivity contribution in [1.29, 1.82) is 0 Å². The Kier molecular flexibility index (Phi) is 8.41. The number of unbranched alkanes of at least 4 members (excludes halogenated alkanes) is 4. The Balaban J connectivity index is 2.71. The van der Waals surface area contributed by atoms with Gasteiger partial charge in [0.05, 0.1) is 5.38 Å². The van der Waals surface area contributed by atoms with Gasteiger partial charge in [0.25, 0.3) is 0 Å². The Hall–Kier alpha value is -0.490. The molecule has 0 fully saturated rings. The molecule has 120 valence electrons. The second kappa shape index (κ2) is 9.51. The van der Waals surface area contributed by atoms with Crippen LogP contribution >= 0.6 is 11.6 Å². The highest BCUT2D eigenvalue weighted by Crippen LogP contribution is 2.34. The van der Waals surface area contributed by atoms with Gasteiger partial charge in [-0.15, -0.1) is 11.6 Å². The van der Waals surface area contributed by atoms with Crippen LogP contribution in [0.5, 0.6) is 0 Å². The maximum absolute atomic E-state index is 6.70. The smallest absolute Gasteiger partial charge is 0.0588 e. The zero-order chi connectivity index (χ0) is 15.8. The van der Waals surface area contributed by atoms with E-state index in [0.29, 0.717) is 11.8 Å². The molecule has 1 unspecified atom stereocenters. The van der Waals surface area contributed by atoms with Crippen molar-refractivity contribution in [3.8, 4) is 0 Å². The van der Waals surface area contributed by atoms with Crippen LogP contribution in [0.15, 0.2) is 18.2 Å². The monoisotopic (exact) mass is 308 g/mol. The molecule has 1 rings (SSSR count). The van der Waals surface area contributed by atoms with Crippen LogP contribution in [0.25, 0.3) is 0 Å². The first kappa shape index (κ1) is 18.6. The Morgan fingerprint density at radius 3 is 2.10 bits per heavy atom. The highest BCUT2D eigenvalue weighted by Gasteiger charge is 2.16. The molecule has 0 saturated carbocycles. The number of alkyl halides is 1. The zero-order valence-corrected chi connectivity index (χ0v) is 15.3. The number of rotatable bonds is 9. The SMILES string of the molecule is CCCCCCCC(Cl)c1ccc(C(C)C)cc1C(C)C. The minimum absolute atomic E-state index is 0.172. The lowest BCUT2D eigenvalue weighted by molar-refractivity contribution is 0.599. The molecule has 0 aromatic heterocycles. The summed E-state index contributed by atoms with van der Waals surface area (Å²) in [5, 5.41) is 0.172. The van der Waals surface area contributed by atoms with E-state index in [1.807, 2.05) is 0 Å². The van der Waals surface area contributed by atoms with E-state index >= 15 is 0 Å². The van der Waals surface area contributed by atoms with Crippen molar-refractivity contribution in [3.63, 3.8) is 0 Å². The van der Waals surface area contributed by atoms with Crippen LogP contribution in [0.4, 0.5) is 0 Å². The van der Waals surface area contributed by atoms with Crippen LogP contribution in [-0.2, 0) is 0 Å². The molecule has 0 aliphatic carbocycles. The summed E-state index contributed by atoms with van der Waals surface area (Å²) < 4.78 is 0. The predicted octanol–water partition coefficient (Wildman–Crippen LogP) is 7.57. The van der Waals surface area contributed by atoms with E-state index in [0.717, 1.165) is 6.42 Å². The van der Waals surface area contributed by atoms with E-state index < -0.39 is 0 Å². The van der Waals surface area contributed by atoms with Gasteiger partial charge in [-0.3, -0.25) is 0 Å². The van der Waals surface area contributed by atoms with Crippen molar-refractivity contribution in [3.05, 3.63) is 34.9 Å². The quantitative estimate of drug-likeness (QED) is 0.326. The van der Waals surface area contributed by atoms with Gasteiger partial charge < -0.3 is 0 Å².